The van der Waals surface area contributed by atoms with Crippen LogP contribution in [0.1, 0.15) is 5.56 Å². The zero-order valence-corrected chi connectivity index (χ0v) is 16.3. The number of H-pyrrole nitrogens is 1. The highest BCUT2D eigenvalue weighted by Gasteiger charge is 2.15. The Morgan fingerprint density at radius 1 is 1.18 bits per heavy atom. The summed E-state index contributed by atoms with van der Waals surface area (Å²) in [5, 5.41) is 9.67. The molecule has 0 fully saturated rings. The molecule has 0 aliphatic carbocycles. The molecule has 0 bridgehead atoms. The van der Waals surface area contributed by atoms with E-state index in [1.54, 1.807) is 18.2 Å². The largest absolute Gasteiger partial charge is 0.496 e. The molecule has 0 atom stereocenters. The van der Waals surface area contributed by atoms with Crippen LogP contribution in [-0.2, 0) is 5.75 Å². The van der Waals surface area contributed by atoms with Crippen molar-refractivity contribution in [3.8, 4) is 17.2 Å². The van der Waals surface area contributed by atoms with Crippen LogP contribution < -0.4 is 4.74 Å². The van der Waals surface area contributed by atoms with E-state index in [2.05, 4.69) is 15.2 Å². The summed E-state index contributed by atoms with van der Waals surface area (Å²) in [7, 11) is 1.47. The minimum atomic E-state index is -2.49. The second-order valence-electron chi connectivity index (χ2n) is 5.77. The van der Waals surface area contributed by atoms with Gasteiger partial charge >= 0.3 is 0 Å². The third kappa shape index (κ3) is 4.00. The van der Waals surface area contributed by atoms with Gasteiger partial charge in [0.1, 0.15) is 5.75 Å². The molecule has 0 saturated carbocycles. The second-order valence-corrected chi connectivity index (χ2v) is 7.73. The van der Waals surface area contributed by atoms with Gasteiger partial charge in [0, 0.05) is 22.9 Å². The lowest BCUT2D eigenvalue weighted by Crippen LogP contribution is -1.91. The fourth-order valence-corrected chi connectivity index (χ4v) is 4.07. The van der Waals surface area contributed by atoms with Crippen LogP contribution in [0.25, 0.3) is 22.4 Å². The normalized spacial score (nSPS) is 11.4. The van der Waals surface area contributed by atoms with E-state index in [1.807, 2.05) is 30.5 Å². The van der Waals surface area contributed by atoms with Gasteiger partial charge in [-0.25, -0.2) is 0 Å². The quantitative estimate of drug-likeness (QED) is 0.380. The first kappa shape index (κ1) is 18.8. The van der Waals surface area contributed by atoms with Gasteiger partial charge < -0.3 is 14.1 Å². The van der Waals surface area contributed by atoms with E-state index in [9.17, 15) is 8.78 Å². The van der Waals surface area contributed by atoms with Gasteiger partial charge in [-0.05, 0) is 23.8 Å². The lowest BCUT2D eigenvalue weighted by molar-refractivity contribution is 0.251. The number of rotatable bonds is 7. The maximum absolute atomic E-state index is 12.6. The minimum absolute atomic E-state index is 0.408. The minimum Gasteiger partial charge on any atom is -0.496 e. The molecule has 4 aromatic rings. The molecule has 5 nitrogen and oxygen atoms in total. The topological polar surface area (TPSA) is 63.9 Å². The Balaban J connectivity index is 1.48. The zero-order chi connectivity index (χ0) is 19.5. The lowest BCUT2D eigenvalue weighted by atomic mass is 10.2. The number of para-hydroxylation sites is 1. The van der Waals surface area contributed by atoms with Crippen LogP contribution in [0.2, 0.25) is 0 Å². The van der Waals surface area contributed by atoms with Gasteiger partial charge in [0.15, 0.2) is 0 Å². The maximum Gasteiger partial charge on any atom is 0.289 e. The predicted molar refractivity (Wildman–Crippen MR) is 106 cm³/mol. The van der Waals surface area contributed by atoms with Gasteiger partial charge in [-0.1, -0.05) is 47.8 Å². The van der Waals surface area contributed by atoms with Crippen molar-refractivity contribution in [2.45, 2.75) is 21.6 Å². The van der Waals surface area contributed by atoms with Crippen LogP contribution in [0.15, 0.2) is 63.2 Å². The summed E-state index contributed by atoms with van der Waals surface area (Å²) in [5.74, 6) is -1.07. The summed E-state index contributed by atoms with van der Waals surface area (Å²) in [4.78, 5) is 3.59. The molecule has 0 aliphatic rings. The number of hydrogen-bond donors (Lipinski definition) is 1. The van der Waals surface area contributed by atoms with Crippen molar-refractivity contribution in [2.75, 3.05) is 7.11 Å². The van der Waals surface area contributed by atoms with E-state index in [1.165, 1.54) is 18.9 Å². The number of fused-ring (bicyclic) bond motifs is 1. The summed E-state index contributed by atoms with van der Waals surface area (Å²) in [6, 6.07) is 13.0. The van der Waals surface area contributed by atoms with Gasteiger partial charge in [-0.3, -0.25) is 0 Å². The molecule has 2 heterocycles. The van der Waals surface area contributed by atoms with Crippen LogP contribution in [0, 0.1) is 0 Å². The van der Waals surface area contributed by atoms with Crippen molar-refractivity contribution >= 4 is 34.4 Å². The number of benzene rings is 2. The number of methoxy groups -OCH3 is 1. The number of aromatic nitrogens is 3. The Morgan fingerprint density at radius 3 is 2.86 bits per heavy atom. The van der Waals surface area contributed by atoms with Gasteiger partial charge in [0.25, 0.3) is 16.9 Å². The number of nitrogens with one attached hydrogen (secondary N) is 1. The molecule has 1 N–H and O–H groups in total. The van der Waals surface area contributed by atoms with Gasteiger partial charge in [0.05, 0.1) is 17.6 Å². The van der Waals surface area contributed by atoms with E-state index in [0.29, 0.717) is 39.3 Å². The Hall–Kier alpha value is -2.52. The number of ether oxygens (including phenoxy) is 1. The van der Waals surface area contributed by atoms with Crippen LogP contribution in [0.5, 0.6) is 5.75 Å². The summed E-state index contributed by atoms with van der Waals surface area (Å²) in [6.45, 7) is 0. The number of thioether (sulfide) groups is 2. The molecule has 144 valence electrons. The average Bonchev–Trinajstić information content (AvgIpc) is 3.33. The molecule has 0 unspecified atom stereocenters. The van der Waals surface area contributed by atoms with Gasteiger partial charge in [-0.2, -0.15) is 8.78 Å². The van der Waals surface area contributed by atoms with Crippen molar-refractivity contribution in [3.63, 3.8) is 0 Å². The first-order valence-electron chi connectivity index (χ1n) is 8.28. The molecule has 9 heteroatoms. The summed E-state index contributed by atoms with van der Waals surface area (Å²) >= 11 is 1.84. The molecule has 0 saturated heterocycles. The van der Waals surface area contributed by atoms with Crippen molar-refractivity contribution in [1.82, 2.24) is 15.2 Å². The SMILES string of the molecule is COc1cc(CSc2nnc(-c3c[nH]c4ccccc34)o2)ccc1SC(F)F. The molecule has 4 rings (SSSR count). The highest BCUT2D eigenvalue weighted by molar-refractivity contribution is 7.99. The van der Waals surface area contributed by atoms with E-state index < -0.39 is 5.76 Å². The molecule has 2 aromatic carbocycles. The van der Waals surface area contributed by atoms with Crippen LogP contribution >= 0.6 is 23.5 Å². The molecular formula is C19H15F2N3O2S2. The Labute approximate surface area is 167 Å². The van der Waals surface area contributed by atoms with E-state index in [-0.39, 0.29) is 0 Å². The Bertz CT molecular complexity index is 1100. The fourth-order valence-electron chi connectivity index (χ4n) is 2.77. The Kier molecular flexibility index (Phi) is 5.54. The predicted octanol–water partition coefficient (Wildman–Crippen LogP) is 5.83. The molecule has 2 aromatic heterocycles. The first-order valence-corrected chi connectivity index (χ1v) is 10.1. The van der Waals surface area contributed by atoms with Crippen molar-refractivity contribution in [1.29, 1.82) is 0 Å². The molecule has 28 heavy (non-hydrogen) atoms. The van der Waals surface area contributed by atoms with Crippen LogP contribution in [-0.4, -0.2) is 28.0 Å². The standard InChI is InChI=1S/C19H15F2N3O2S2/c1-25-15-8-11(6-7-16(15)28-18(20)21)10-27-19-24-23-17(26-19)13-9-22-14-5-3-2-4-12(13)14/h2-9,18,22H,10H2,1H3. The number of halogens is 2. The lowest BCUT2D eigenvalue weighted by Gasteiger charge is -2.09. The number of hydrogen-bond acceptors (Lipinski definition) is 6. The van der Waals surface area contributed by atoms with Crippen molar-refractivity contribution < 1.29 is 17.9 Å². The van der Waals surface area contributed by atoms with Crippen LogP contribution in [0.4, 0.5) is 8.78 Å². The van der Waals surface area contributed by atoms with Crippen molar-refractivity contribution in [3.05, 3.63) is 54.2 Å². The smallest absolute Gasteiger partial charge is 0.289 e. The second kappa shape index (κ2) is 8.24. The Morgan fingerprint density at radius 2 is 2.04 bits per heavy atom. The van der Waals surface area contributed by atoms with Crippen molar-refractivity contribution in [2.24, 2.45) is 0 Å². The van der Waals surface area contributed by atoms with Gasteiger partial charge in [0.2, 0.25) is 0 Å². The van der Waals surface area contributed by atoms with Gasteiger partial charge in [-0.15, -0.1) is 10.2 Å². The fraction of sp³-hybridized carbons (Fsp3) is 0.158. The summed E-state index contributed by atoms with van der Waals surface area (Å²) < 4.78 is 36.2. The number of aromatic amines is 1. The van der Waals surface area contributed by atoms with Crippen LogP contribution in [0.3, 0.4) is 0 Å². The maximum atomic E-state index is 12.6. The summed E-state index contributed by atoms with van der Waals surface area (Å²) in [6.07, 6.45) is 1.84. The van der Waals surface area contributed by atoms with E-state index in [0.717, 1.165) is 22.0 Å². The zero-order valence-electron chi connectivity index (χ0n) is 14.7. The highest BCUT2D eigenvalue weighted by Crippen LogP contribution is 2.36. The highest BCUT2D eigenvalue weighted by atomic mass is 32.2. The molecule has 0 radical (unpaired) electrons. The average molecular weight is 419 g/mol. The molecular weight excluding hydrogens is 404 g/mol. The van der Waals surface area contributed by atoms with E-state index in [4.69, 9.17) is 9.15 Å². The van der Waals surface area contributed by atoms with E-state index >= 15 is 0 Å². The molecule has 0 spiro atoms. The molecule has 0 amide bonds. The molecule has 0 aliphatic heterocycles. The number of nitrogens with zero attached hydrogens (tertiary/aromatic N) is 2. The monoisotopic (exact) mass is 419 g/mol. The number of alkyl halides is 2. The third-order valence-corrected chi connectivity index (χ3v) is 5.69. The first-order chi connectivity index (χ1) is 13.6. The summed E-state index contributed by atoms with van der Waals surface area (Å²) in [5.41, 5.74) is 2.76. The third-order valence-electron chi connectivity index (χ3n) is 4.03.